The summed E-state index contributed by atoms with van der Waals surface area (Å²) in [5, 5.41) is 11.2. The third kappa shape index (κ3) is 4.58. The van der Waals surface area contributed by atoms with E-state index >= 15 is 0 Å². The number of rotatable bonds is 4. The summed E-state index contributed by atoms with van der Waals surface area (Å²) < 4.78 is 8.73. The van der Waals surface area contributed by atoms with Crippen molar-refractivity contribution in [3.05, 3.63) is 182 Å². The van der Waals surface area contributed by atoms with Crippen molar-refractivity contribution in [3.8, 4) is 39.9 Å². The Balaban J connectivity index is 1.19. The van der Waals surface area contributed by atoms with Crippen molar-refractivity contribution in [2.75, 3.05) is 0 Å². The first-order valence-corrected chi connectivity index (χ1v) is 18.9. The summed E-state index contributed by atoms with van der Waals surface area (Å²) in [6, 6.07) is 63.8. The molecule has 12 aromatic rings. The number of hydrogen-bond donors (Lipinski definition) is 0. The smallest absolute Gasteiger partial charge is 0.238 e. The molecule has 9 aromatic carbocycles. The van der Waals surface area contributed by atoms with Crippen molar-refractivity contribution in [3.63, 3.8) is 0 Å². The lowest BCUT2D eigenvalue weighted by Gasteiger charge is -2.14. The van der Waals surface area contributed by atoms with Crippen LogP contribution < -0.4 is 0 Å². The molecule has 0 saturated heterocycles. The van der Waals surface area contributed by atoms with Gasteiger partial charge in [0.15, 0.2) is 11.6 Å². The zero-order valence-electron chi connectivity index (χ0n) is 30.0. The van der Waals surface area contributed by atoms with Crippen molar-refractivity contribution < 1.29 is 4.42 Å². The molecule has 0 aliphatic carbocycles. The Morgan fingerprint density at radius 1 is 0.357 bits per heavy atom. The monoisotopic (exact) mass is 714 g/mol. The molecule has 5 heteroatoms. The number of hydrogen-bond acceptors (Lipinski definition) is 4. The first-order valence-electron chi connectivity index (χ1n) is 18.9. The van der Waals surface area contributed by atoms with E-state index in [-0.39, 0.29) is 0 Å². The molecule has 0 fully saturated rings. The summed E-state index contributed by atoms with van der Waals surface area (Å²) in [7, 11) is 0. The summed E-state index contributed by atoms with van der Waals surface area (Å²) in [6.45, 7) is 0. The number of aromatic nitrogens is 4. The maximum atomic E-state index is 6.53. The number of furan rings is 1. The third-order valence-corrected chi connectivity index (χ3v) is 11.2. The van der Waals surface area contributed by atoms with Crippen LogP contribution in [0.15, 0.2) is 186 Å². The Labute approximate surface area is 320 Å². The van der Waals surface area contributed by atoms with Gasteiger partial charge in [0, 0.05) is 32.7 Å². The van der Waals surface area contributed by atoms with E-state index in [4.69, 9.17) is 19.4 Å². The average Bonchev–Trinajstić information content (AvgIpc) is 3.81. The van der Waals surface area contributed by atoms with E-state index in [1.807, 2.05) is 12.1 Å². The van der Waals surface area contributed by atoms with Crippen molar-refractivity contribution in [2.24, 2.45) is 0 Å². The van der Waals surface area contributed by atoms with E-state index in [1.165, 1.54) is 16.2 Å². The minimum absolute atomic E-state index is 0.554. The van der Waals surface area contributed by atoms with E-state index < -0.39 is 0 Å². The third-order valence-electron chi connectivity index (χ3n) is 11.2. The van der Waals surface area contributed by atoms with Gasteiger partial charge in [0.25, 0.3) is 0 Å². The molecule has 12 rings (SSSR count). The van der Waals surface area contributed by atoms with Crippen LogP contribution in [0.25, 0.3) is 116 Å². The van der Waals surface area contributed by atoms with Gasteiger partial charge in [0.2, 0.25) is 5.95 Å². The van der Waals surface area contributed by atoms with Gasteiger partial charge in [-0.2, -0.15) is 9.97 Å². The lowest BCUT2D eigenvalue weighted by atomic mass is 9.95. The summed E-state index contributed by atoms with van der Waals surface area (Å²) in [5.41, 5.74) is 7.84. The van der Waals surface area contributed by atoms with Gasteiger partial charge < -0.3 is 4.42 Å². The van der Waals surface area contributed by atoms with Crippen LogP contribution in [0, 0.1) is 0 Å². The summed E-state index contributed by atoms with van der Waals surface area (Å²) >= 11 is 0. The van der Waals surface area contributed by atoms with Crippen LogP contribution in [0.3, 0.4) is 0 Å². The minimum Gasteiger partial charge on any atom is -0.456 e. The second kappa shape index (κ2) is 11.9. The summed E-state index contributed by atoms with van der Waals surface area (Å²) in [5.74, 6) is 1.73. The lowest BCUT2D eigenvalue weighted by Crippen LogP contribution is -2.06. The molecule has 56 heavy (non-hydrogen) atoms. The predicted octanol–water partition coefficient (Wildman–Crippen LogP) is 13.3. The van der Waals surface area contributed by atoms with E-state index in [2.05, 4.69) is 174 Å². The number of para-hydroxylation sites is 1. The molecule has 0 atom stereocenters. The Hall–Kier alpha value is -7.63. The molecule has 0 N–H and O–H groups in total. The van der Waals surface area contributed by atoms with E-state index in [0.29, 0.717) is 17.6 Å². The second-order valence-electron chi connectivity index (χ2n) is 14.4. The van der Waals surface area contributed by atoms with Gasteiger partial charge in [-0.15, -0.1) is 0 Å². The molecule has 0 amide bonds. The van der Waals surface area contributed by atoms with E-state index in [1.54, 1.807) is 0 Å². The Morgan fingerprint density at radius 2 is 1.00 bits per heavy atom. The largest absolute Gasteiger partial charge is 0.456 e. The fourth-order valence-electron chi connectivity index (χ4n) is 8.72. The highest BCUT2D eigenvalue weighted by molar-refractivity contribution is 6.21. The van der Waals surface area contributed by atoms with Crippen molar-refractivity contribution in [1.82, 2.24) is 19.5 Å². The lowest BCUT2D eigenvalue weighted by molar-refractivity contribution is 0.669. The maximum Gasteiger partial charge on any atom is 0.238 e. The number of nitrogens with zero attached hydrogens (tertiary/aromatic N) is 4. The second-order valence-corrected chi connectivity index (χ2v) is 14.4. The molecular formula is C51H30N4O. The SMILES string of the molecule is c1ccc(-c2ccc(-c3nc(-c4cccc5oc6cc7ccccc7cc6c45)nc(-n4c5ccccc5c5c6ccccc6ccc54)n3)c3ccccc23)cc1. The Bertz CT molecular complexity index is 3540. The standard InChI is InChI=1S/C51H30N4O/c1-2-13-31(14-3-1)35-26-27-39(38-20-9-8-19-37(35)38)49-52-50(41-22-12-24-45-48(41)42-29-33-16-4-5-17-34(33)30-46(42)56-45)54-51(53-49)55-43-23-11-10-21-40(43)47-36-18-7-6-15-32(36)25-28-44(47)55/h1-30H. The van der Waals surface area contributed by atoms with Crippen LogP contribution in [-0.2, 0) is 0 Å². The first-order chi connectivity index (χ1) is 27.8. The van der Waals surface area contributed by atoms with Gasteiger partial charge in [-0.25, -0.2) is 4.98 Å². The molecule has 3 aromatic heterocycles. The van der Waals surface area contributed by atoms with Crippen molar-refractivity contribution in [1.29, 1.82) is 0 Å². The van der Waals surface area contributed by atoms with Crippen molar-refractivity contribution >= 4 is 76.1 Å². The van der Waals surface area contributed by atoms with Crippen LogP contribution in [0.1, 0.15) is 0 Å². The molecule has 0 unspecified atom stereocenters. The molecule has 3 heterocycles. The highest BCUT2D eigenvalue weighted by atomic mass is 16.3. The maximum absolute atomic E-state index is 6.53. The molecule has 0 aliphatic rings. The summed E-state index contributed by atoms with van der Waals surface area (Å²) in [4.78, 5) is 16.2. The summed E-state index contributed by atoms with van der Waals surface area (Å²) in [6.07, 6.45) is 0. The Morgan fingerprint density at radius 3 is 1.82 bits per heavy atom. The molecule has 0 radical (unpaired) electrons. The quantitative estimate of drug-likeness (QED) is 0.182. The van der Waals surface area contributed by atoms with E-state index in [9.17, 15) is 0 Å². The average molecular weight is 715 g/mol. The zero-order chi connectivity index (χ0) is 36.7. The fraction of sp³-hybridized carbons (Fsp3) is 0. The zero-order valence-corrected chi connectivity index (χ0v) is 30.0. The van der Waals surface area contributed by atoms with Gasteiger partial charge in [-0.05, 0) is 79.8 Å². The number of fused-ring (bicyclic) bond motifs is 10. The molecule has 0 aliphatic heterocycles. The molecular weight excluding hydrogens is 685 g/mol. The van der Waals surface area contributed by atoms with Crippen LogP contribution >= 0.6 is 0 Å². The van der Waals surface area contributed by atoms with Crippen LogP contribution in [-0.4, -0.2) is 19.5 Å². The molecule has 0 saturated carbocycles. The number of benzene rings is 9. The van der Waals surface area contributed by atoms with Gasteiger partial charge in [0.1, 0.15) is 11.2 Å². The molecule has 0 spiro atoms. The van der Waals surface area contributed by atoms with Crippen LogP contribution in [0.2, 0.25) is 0 Å². The first kappa shape index (κ1) is 30.8. The van der Waals surface area contributed by atoms with Crippen LogP contribution in [0.5, 0.6) is 0 Å². The fourth-order valence-corrected chi connectivity index (χ4v) is 8.72. The van der Waals surface area contributed by atoms with Crippen molar-refractivity contribution in [2.45, 2.75) is 0 Å². The highest BCUT2D eigenvalue weighted by Crippen LogP contribution is 2.41. The highest BCUT2D eigenvalue weighted by Gasteiger charge is 2.22. The van der Waals surface area contributed by atoms with Gasteiger partial charge >= 0.3 is 0 Å². The molecule has 5 nitrogen and oxygen atoms in total. The van der Waals surface area contributed by atoms with Gasteiger partial charge in [-0.3, -0.25) is 4.57 Å². The Kier molecular flexibility index (Phi) is 6.56. The predicted molar refractivity (Wildman–Crippen MR) is 230 cm³/mol. The normalized spacial score (nSPS) is 11.9. The minimum atomic E-state index is 0.554. The van der Waals surface area contributed by atoms with E-state index in [0.717, 1.165) is 82.2 Å². The van der Waals surface area contributed by atoms with Gasteiger partial charge in [-0.1, -0.05) is 146 Å². The molecule has 0 bridgehead atoms. The molecule has 260 valence electrons. The topological polar surface area (TPSA) is 56.7 Å². The van der Waals surface area contributed by atoms with Gasteiger partial charge in [0.05, 0.1) is 11.0 Å². The van der Waals surface area contributed by atoms with Crippen LogP contribution in [0.4, 0.5) is 0 Å².